The molecule has 0 fully saturated rings. The Balaban J connectivity index is 2.35. The van der Waals surface area contributed by atoms with Gasteiger partial charge in [0.15, 0.2) is 5.75 Å². The molecule has 0 spiro atoms. The molecule has 3 nitrogen and oxygen atoms in total. The molecule has 0 radical (unpaired) electrons. The second-order valence-corrected chi connectivity index (χ2v) is 5.42. The van der Waals surface area contributed by atoms with Crippen LogP contribution in [0, 0.1) is 5.41 Å². The van der Waals surface area contributed by atoms with Gasteiger partial charge in [-0.2, -0.15) is 0 Å². The van der Waals surface area contributed by atoms with Gasteiger partial charge in [0.05, 0.1) is 10.9 Å². The minimum atomic E-state index is -0.518. The van der Waals surface area contributed by atoms with Crippen molar-refractivity contribution in [3.8, 4) is 5.75 Å². The standard InChI is InChI=1S/C13H14ClNO2/c1-13(2,3)12(16)17-11-7-15-10-6-8(14)4-5-9(10)11/h4-7,15H,1-3H3. The Kier molecular flexibility index (Phi) is 2.87. The molecule has 90 valence electrons. The van der Waals surface area contributed by atoms with Crippen molar-refractivity contribution in [2.45, 2.75) is 20.8 Å². The van der Waals surface area contributed by atoms with E-state index in [1.807, 2.05) is 26.8 Å². The summed E-state index contributed by atoms with van der Waals surface area (Å²) in [4.78, 5) is 14.8. The lowest BCUT2D eigenvalue weighted by Gasteiger charge is -2.15. The molecule has 0 aliphatic rings. The van der Waals surface area contributed by atoms with Crippen molar-refractivity contribution < 1.29 is 9.53 Å². The highest BCUT2D eigenvalue weighted by molar-refractivity contribution is 6.31. The highest BCUT2D eigenvalue weighted by Gasteiger charge is 2.24. The molecule has 2 aromatic rings. The van der Waals surface area contributed by atoms with Crippen LogP contribution in [0.1, 0.15) is 20.8 Å². The molecule has 17 heavy (non-hydrogen) atoms. The molecule has 0 saturated heterocycles. The number of aromatic amines is 1. The summed E-state index contributed by atoms with van der Waals surface area (Å²) in [6, 6.07) is 5.40. The Labute approximate surface area is 105 Å². The second kappa shape index (κ2) is 4.08. The SMILES string of the molecule is CC(C)(C)C(=O)Oc1c[nH]c2cc(Cl)ccc12. The van der Waals surface area contributed by atoms with Crippen LogP contribution in [0.5, 0.6) is 5.75 Å². The lowest BCUT2D eigenvalue weighted by atomic mass is 9.97. The van der Waals surface area contributed by atoms with E-state index in [9.17, 15) is 4.79 Å². The van der Waals surface area contributed by atoms with E-state index in [0.717, 1.165) is 10.9 Å². The zero-order valence-electron chi connectivity index (χ0n) is 10.0. The number of halogens is 1. The molecule has 0 atom stereocenters. The van der Waals surface area contributed by atoms with Crippen LogP contribution in [-0.2, 0) is 4.79 Å². The number of hydrogen-bond donors (Lipinski definition) is 1. The number of fused-ring (bicyclic) bond motifs is 1. The molecule has 1 heterocycles. The van der Waals surface area contributed by atoms with E-state index in [2.05, 4.69) is 4.98 Å². The van der Waals surface area contributed by atoms with Crippen molar-refractivity contribution in [3.05, 3.63) is 29.4 Å². The van der Waals surface area contributed by atoms with E-state index in [4.69, 9.17) is 16.3 Å². The average molecular weight is 252 g/mol. The number of ether oxygens (including phenoxy) is 1. The quantitative estimate of drug-likeness (QED) is 0.784. The highest BCUT2D eigenvalue weighted by atomic mass is 35.5. The number of rotatable bonds is 1. The molecule has 0 aliphatic carbocycles. The first-order valence-electron chi connectivity index (χ1n) is 5.37. The van der Waals surface area contributed by atoms with Gasteiger partial charge in [-0.3, -0.25) is 4.79 Å². The molecule has 0 bridgehead atoms. The van der Waals surface area contributed by atoms with Gasteiger partial charge in [0.1, 0.15) is 0 Å². The minimum absolute atomic E-state index is 0.256. The van der Waals surface area contributed by atoms with Crippen LogP contribution >= 0.6 is 11.6 Å². The van der Waals surface area contributed by atoms with E-state index in [-0.39, 0.29) is 5.97 Å². The number of H-pyrrole nitrogens is 1. The summed E-state index contributed by atoms with van der Waals surface area (Å²) in [6.45, 7) is 5.46. The molecule has 4 heteroatoms. The summed E-state index contributed by atoms with van der Waals surface area (Å²) in [5.74, 6) is 0.282. The highest BCUT2D eigenvalue weighted by Crippen LogP contribution is 2.29. The largest absolute Gasteiger partial charge is 0.424 e. The van der Waals surface area contributed by atoms with Crippen molar-refractivity contribution in [2.24, 2.45) is 5.41 Å². The Bertz CT molecular complexity index is 566. The fraction of sp³-hybridized carbons (Fsp3) is 0.308. The first kappa shape index (κ1) is 12.0. The van der Waals surface area contributed by atoms with Gasteiger partial charge in [-0.15, -0.1) is 0 Å². The maximum atomic E-state index is 11.8. The van der Waals surface area contributed by atoms with Crippen LogP contribution in [0.4, 0.5) is 0 Å². The van der Waals surface area contributed by atoms with Crippen LogP contribution in [-0.4, -0.2) is 11.0 Å². The molecule has 2 rings (SSSR count). The first-order valence-corrected chi connectivity index (χ1v) is 5.74. The van der Waals surface area contributed by atoms with Gasteiger partial charge in [0.25, 0.3) is 0 Å². The Morgan fingerprint density at radius 1 is 1.35 bits per heavy atom. The minimum Gasteiger partial charge on any atom is -0.424 e. The average Bonchev–Trinajstić information content (AvgIpc) is 2.59. The number of carbonyl (C=O) groups excluding carboxylic acids is 1. The molecule has 1 aromatic heterocycles. The summed E-state index contributed by atoms with van der Waals surface area (Å²) >= 11 is 5.88. The zero-order valence-corrected chi connectivity index (χ0v) is 10.8. The van der Waals surface area contributed by atoms with Crippen molar-refractivity contribution in [1.82, 2.24) is 4.98 Å². The van der Waals surface area contributed by atoms with Gasteiger partial charge >= 0.3 is 5.97 Å². The smallest absolute Gasteiger partial charge is 0.316 e. The number of nitrogens with one attached hydrogen (secondary N) is 1. The first-order chi connectivity index (χ1) is 7.88. The van der Waals surface area contributed by atoms with Gasteiger partial charge in [-0.1, -0.05) is 11.6 Å². The lowest BCUT2D eigenvalue weighted by Crippen LogP contribution is -2.25. The van der Waals surface area contributed by atoms with Crippen molar-refractivity contribution in [1.29, 1.82) is 0 Å². The predicted octanol–water partition coefficient (Wildman–Crippen LogP) is 3.77. The molecule has 0 saturated carbocycles. The number of esters is 1. The summed E-state index contributed by atoms with van der Waals surface area (Å²) in [6.07, 6.45) is 1.67. The monoisotopic (exact) mass is 251 g/mol. The second-order valence-electron chi connectivity index (χ2n) is 4.98. The number of hydrogen-bond acceptors (Lipinski definition) is 2. The van der Waals surface area contributed by atoms with Gasteiger partial charge in [-0.05, 0) is 39.0 Å². The Hall–Kier alpha value is -1.48. The Morgan fingerprint density at radius 3 is 2.71 bits per heavy atom. The van der Waals surface area contributed by atoms with Crippen LogP contribution in [0.15, 0.2) is 24.4 Å². The van der Waals surface area contributed by atoms with Gasteiger partial charge in [0, 0.05) is 16.6 Å². The molecule has 0 aliphatic heterocycles. The van der Waals surface area contributed by atoms with Crippen molar-refractivity contribution >= 4 is 28.5 Å². The van der Waals surface area contributed by atoms with Crippen molar-refractivity contribution in [2.75, 3.05) is 0 Å². The van der Waals surface area contributed by atoms with E-state index >= 15 is 0 Å². The van der Waals surface area contributed by atoms with E-state index in [0.29, 0.717) is 10.8 Å². The van der Waals surface area contributed by atoms with E-state index in [1.54, 1.807) is 18.3 Å². The maximum absolute atomic E-state index is 11.8. The number of benzene rings is 1. The molecule has 0 unspecified atom stereocenters. The summed E-state index contributed by atoms with van der Waals surface area (Å²) in [5.41, 5.74) is 0.338. The van der Waals surface area contributed by atoms with E-state index < -0.39 is 5.41 Å². The zero-order chi connectivity index (χ0) is 12.6. The maximum Gasteiger partial charge on any atom is 0.316 e. The van der Waals surface area contributed by atoms with Crippen LogP contribution in [0.25, 0.3) is 10.9 Å². The van der Waals surface area contributed by atoms with Crippen LogP contribution in [0.3, 0.4) is 0 Å². The van der Waals surface area contributed by atoms with Crippen molar-refractivity contribution in [3.63, 3.8) is 0 Å². The lowest BCUT2D eigenvalue weighted by molar-refractivity contribution is -0.142. The van der Waals surface area contributed by atoms with Gasteiger partial charge in [-0.25, -0.2) is 0 Å². The number of carbonyl (C=O) groups is 1. The number of aromatic nitrogens is 1. The normalized spacial score (nSPS) is 11.8. The molecular weight excluding hydrogens is 238 g/mol. The molecular formula is C13H14ClNO2. The summed E-state index contributed by atoms with van der Waals surface area (Å²) in [7, 11) is 0. The Morgan fingerprint density at radius 2 is 2.06 bits per heavy atom. The van der Waals surface area contributed by atoms with Gasteiger partial charge < -0.3 is 9.72 Å². The fourth-order valence-electron chi connectivity index (χ4n) is 1.41. The third-order valence-electron chi connectivity index (χ3n) is 2.42. The topological polar surface area (TPSA) is 42.1 Å². The molecule has 0 amide bonds. The third-order valence-corrected chi connectivity index (χ3v) is 2.66. The fourth-order valence-corrected chi connectivity index (χ4v) is 1.58. The van der Waals surface area contributed by atoms with Crippen LogP contribution in [0.2, 0.25) is 5.02 Å². The molecule has 1 N–H and O–H groups in total. The third kappa shape index (κ3) is 2.44. The predicted molar refractivity (Wildman–Crippen MR) is 68.4 cm³/mol. The summed E-state index contributed by atoms with van der Waals surface area (Å²) in [5, 5.41) is 1.50. The van der Waals surface area contributed by atoms with E-state index in [1.165, 1.54) is 0 Å². The van der Waals surface area contributed by atoms with Crippen LogP contribution < -0.4 is 4.74 Å². The van der Waals surface area contributed by atoms with Gasteiger partial charge in [0.2, 0.25) is 0 Å². The molecule has 1 aromatic carbocycles. The summed E-state index contributed by atoms with van der Waals surface area (Å²) < 4.78 is 5.36.